The number of nitrogens with zero attached hydrogens (tertiary/aromatic N) is 1. The molecular formula is C22H19NO5. The van der Waals surface area contributed by atoms with Gasteiger partial charge in [0, 0.05) is 11.6 Å². The summed E-state index contributed by atoms with van der Waals surface area (Å²) >= 11 is 0. The first kappa shape index (κ1) is 17.9. The molecule has 0 spiro atoms. The molecule has 1 aliphatic carbocycles. The minimum absolute atomic E-state index is 0.108. The van der Waals surface area contributed by atoms with Gasteiger partial charge in [0.25, 0.3) is 0 Å². The Balaban J connectivity index is 1.62. The maximum absolute atomic E-state index is 11.1. The zero-order valence-corrected chi connectivity index (χ0v) is 15.3. The van der Waals surface area contributed by atoms with Gasteiger partial charge in [0.2, 0.25) is 0 Å². The predicted octanol–water partition coefficient (Wildman–Crippen LogP) is 4.79. The van der Waals surface area contributed by atoms with Gasteiger partial charge in [-0.25, -0.2) is 9.78 Å². The Morgan fingerprint density at radius 2 is 1.79 bits per heavy atom. The molecule has 142 valence electrons. The van der Waals surface area contributed by atoms with E-state index >= 15 is 0 Å². The van der Waals surface area contributed by atoms with Crippen molar-refractivity contribution in [3.05, 3.63) is 66.5 Å². The van der Waals surface area contributed by atoms with Crippen LogP contribution in [0.25, 0.3) is 11.1 Å². The number of rotatable bonds is 7. The molecular weight excluding hydrogens is 358 g/mol. The van der Waals surface area contributed by atoms with Crippen LogP contribution in [0.5, 0.6) is 23.0 Å². The number of carboxylic acid groups (broad SMARTS) is 1. The highest BCUT2D eigenvalue weighted by atomic mass is 16.5. The third-order valence-electron chi connectivity index (χ3n) is 4.37. The van der Waals surface area contributed by atoms with Crippen LogP contribution in [-0.4, -0.2) is 29.3 Å². The summed E-state index contributed by atoms with van der Waals surface area (Å²) in [6.07, 6.45) is 3.95. The zero-order valence-electron chi connectivity index (χ0n) is 15.3. The fraction of sp³-hybridized carbons (Fsp3) is 0.182. The van der Waals surface area contributed by atoms with Crippen molar-refractivity contribution in [2.45, 2.75) is 18.9 Å². The zero-order chi connectivity index (χ0) is 19.5. The first-order valence-electron chi connectivity index (χ1n) is 8.95. The lowest BCUT2D eigenvalue weighted by Gasteiger charge is -2.14. The lowest BCUT2D eigenvalue weighted by atomic mass is 10.0. The van der Waals surface area contributed by atoms with Crippen molar-refractivity contribution in [3.8, 4) is 34.1 Å². The third kappa shape index (κ3) is 3.91. The van der Waals surface area contributed by atoms with E-state index in [1.165, 1.54) is 19.4 Å². The number of carbonyl (C=O) groups is 1. The summed E-state index contributed by atoms with van der Waals surface area (Å²) in [5, 5.41) is 9.09. The van der Waals surface area contributed by atoms with Crippen LogP contribution in [0.3, 0.4) is 0 Å². The number of methoxy groups -OCH3 is 1. The largest absolute Gasteiger partial charge is 0.493 e. The Labute approximate surface area is 162 Å². The number of para-hydroxylation sites is 1. The topological polar surface area (TPSA) is 77.9 Å². The van der Waals surface area contributed by atoms with Gasteiger partial charge in [-0.15, -0.1) is 0 Å². The van der Waals surface area contributed by atoms with E-state index in [1.54, 1.807) is 0 Å². The molecule has 0 saturated heterocycles. The van der Waals surface area contributed by atoms with Gasteiger partial charge in [-0.1, -0.05) is 30.3 Å². The number of aromatic nitrogens is 1. The number of carboxylic acids is 1. The van der Waals surface area contributed by atoms with Crippen LogP contribution in [0.15, 0.2) is 60.8 Å². The second-order valence-electron chi connectivity index (χ2n) is 6.47. The minimum atomic E-state index is -1.13. The molecule has 4 rings (SSSR count). The maximum Gasteiger partial charge on any atom is 0.354 e. The van der Waals surface area contributed by atoms with Gasteiger partial charge in [0.05, 0.1) is 19.4 Å². The summed E-state index contributed by atoms with van der Waals surface area (Å²) in [5.74, 6) is 0.990. The molecule has 0 aliphatic heterocycles. The molecule has 3 aromatic rings. The normalized spacial score (nSPS) is 13.0. The highest BCUT2D eigenvalue weighted by Crippen LogP contribution is 2.37. The quantitative estimate of drug-likeness (QED) is 0.638. The molecule has 1 N–H and O–H groups in total. The standard InChI is InChI=1S/C22H19NO5/c1-26-20-12-18(22(24)25)23-13-21(20)28-19-5-3-2-4-17(19)14-6-8-15(9-7-14)27-16-10-11-16/h2-9,12-13,16H,10-11H2,1H3,(H,24,25). The average molecular weight is 377 g/mol. The summed E-state index contributed by atoms with van der Waals surface area (Å²) in [6, 6.07) is 16.8. The van der Waals surface area contributed by atoms with Crippen LogP contribution < -0.4 is 14.2 Å². The number of benzene rings is 2. The Morgan fingerprint density at radius 1 is 1.04 bits per heavy atom. The smallest absolute Gasteiger partial charge is 0.354 e. The van der Waals surface area contributed by atoms with Crippen molar-refractivity contribution in [1.29, 1.82) is 0 Å². The van der Waals surface area contributed by atoms with Crippen molar-refractivity contribution in [2.75, 3.05) is 7.11 Å². The van der Waals surface area contributed by atoms with E-state index in [1.807, 2.05) is 48.5 Å². The molecule has 0 radical (unpaired) electrons. The fourth-order valence-corrected chi connectivity index (χ4v) is 2.78. The molecule has 1 heterocycles. The lowest BCUT2D eigenvalue weighted by molar-refractivity contribution is 0.0690. The van der Waals surface area contributed by atoms with Gasteiger partial charge in [-0.3, -0.25) is 0 Å². The van der Waals surface area contributed by atoms with Crippen molar-refractivity contribution in [3.63, 3.8) is 0 Å². The molecule has 0 amide bonds. The molecule has 2 aromatic carbocycles. The van der Waals surface area contributed by atoms with Crippen LogP contribution in [0, 0.1) is 0 Å². The Morgan fingerprint density at radius 3 is 2.46 bits per heavy atom. The van der Waals surface area contributed by atoms with Gasteiger partial charge in [0.15, 0.2) is 17.2 Å². The van der Waals surface area contributed by atoms with Crippen LogP contribution in [0.1, 0.15) is 23.3 Å². The first-order chi connectivity index (χ1) is 13.6. The SMILES string of the molecule is COc1cc(C(=O)O)ncc1Oc1ccccc1-c1ccc(OC2CC2)cc1. The summed E-state index contributed by atoms with van der Waals surface area (Å²) in [4.78, 5) is 15.0. The molecule has 6 nitrogen and oxygen atoms in total. The second-order valence-corrected chi connectivity index (χ2v) is 6.47. The first-order valence-corrected chi connectivity index (χ1v) is 8.95. The Hall–Kier alpha value is -3.54. The number of ether oxygens (including phenoxy) is 3. The van der Waals surface area contributed by atoms with E-state index in [0.29, 0.717) is 23.4 Å². The summed E-state index contributed by atoms with van der Waals surface area (Å²) in [7, 11) is 1.46. The highest BCUT2D eigenvalue weighted by Gasteiger charge is 2.23. The Bertz CT molecular complexity index is 996. The van der Waals surface area contributed by atoms with E-state index in [4.69, 9.17) is 19.3 Å². The van der Waals surface area contributed by atoms with Crippen molar-refractivity contribution < 1.29 is 24.1 Å². The number of aromatic carboxylic acids is 1. The third-order valence-corrected chi connectivity index (χ3v) is 4.37. The fourth-order valence-electron chi connectivity index (χ4n) is 2.78. The molecule has 28 heavy (non-hydrogen) atoms. The van der Waals surface area contributed by atoms with Crippen LogP contribution >= 0.6 is 0 Å². The van der Waals surface area contributed by atoms with Crippen LogP contribution in [-0.2, 0) is 0 Å². The van der Waals surface area contributed by atoms with Crippen LogP contribution in [0.2, 0.25) is 0 Å². The van der Waals surface area contributed by atoms with E-state index in [9.17, 15) is 4.79 Å². The molecule has 1 aromatic heterocycles. The second kappa shape index (κ2) is 7.60. The molecule has 0 atom stereocenters. The summed E-state index contributed by atoms with van der Waals surface area (Å²) in [6.45, 7) is 0. The predicted molar refractivity (Wildman–Crippen MR) is 103 cm³/mol. The van der Waals surface area contributed by atoms with Crippen molar-refractivity contribution >= 4 is 5.97 Å². The van der Waals surface area contributed by atoms with E-state index in [0.717, 1.165) is 29.7 Å². The number of pyridine rings is 1. The van der Waals surface area contributed by atoms with E-state index in [2.05, 4.69) is 4.98 Å². The molecule has 1 fully saturated rings. The van der Waals surface area contributed by atoms with Gasteiger partial charge in [0.1, 0.15) is 11.5 Å². The molecule has 6 heteroatoms. The van der Waals surface area contributed by atoms with Crippen LogP contribution in [0.4, 0.5) is 0 Å². The number of hydrogen-bond acceptors (Lipinski definition) is 5. The maximum atomic E-state index is 11.1. The summed E-state index contributed by atoms with van der Waals surface area (Å²) in [5.41, 5.74) is 1.77. The lowest BCUT2D eigenvalue weighted by Crippen LogP contribution is -2.02. The highest BCUT2D eigenvalue weighted by molar-refractivity contribution is 5.86. The summed E-state index contributed by atoms with van der Waals surface area (Å²) < 4.78 is 17.1. The van der Waals surface area contributed by atoms with Gasteiger partial charge in [-0.05, 0) is 36.6 Å². The van der Waals surface area contributed by atoms with E-state index < -0.39 is 5.97 Å². The van der Waals surface area contributed by atoms with Gasteiger partial charge in [-0.2, -0.15) is 0 Å². The monoisotopic (exact) mass is 377 g/mol. The van der Waals surface area contributed by atoms with Gasteiger partial charge < -0.3 is 19.3 Å². The van der Waals surface area contributed by atoms with Crippen molar-refractivity contribution in [2.24, 2.45) is 0 Å². The Kier molecular flexibility index (Phi) is 4.85. The number of hydrogen-bond donors (Lipinski definition) is 1. The van der Waals surface area contributed by atoms with E-state index in [-0.39, 0.29) is 5.69 Å². The van der Waals surface area contributed by atoms with Gasteiger partial charge >= 0.3 is 5.97 Å². The molecule has 0 bridgehead atoms. The minimum Gasteiger partial charge on any atom is -0.493 e. The molecule has 1 aliphatic rings. The molecule has 1 saturated carbocycles. The molecule has 0 unspecified atom stereocenters. The average Bonchev–Trinajstić information content (AvgIpc) is 3.53. The van der Waals surface area contributed by atoms with Crippen molar-refractivity contribution in [1.82, 2.24) is 4.98 Å².